The number of nitrogens with two attached hydrogens (primary N) is 1. The fourth-order valence-electron chi connectivity index (χ4n) is 2.56. The lowest BCUT2D eigenvalue weighted by Crippen LogP contribution is -2.41. The summed E-state index contributed by atoms with van der Waals surface area (Å²) in [5.41, 5.74) is 8.13. The van der Waals surface area contributed by atoms with Crippen LogP contribution in [0.25, 0.3) is 0 Å². The zero-order valence-electron chi connectivity index (χ0n) is 10.3. The molecule has 1 fully saturated rings. The molecule has 0 radical (unpaired) electrons. The molecule has 0 amide bonds. The molecule has 0 bridgehead atoms. The Hall–Kier alpha value is -0.900. The molecule has 1 heterocycles. The molecule has 1 saturated heterocycles. The van der Waals surface area contributed by atoms with E-state index in [9.17, 15) is 5.11 Å². The summed E-state index contributed by atoms with van der Waals surface area (Å²) in [5.74, 6) is 0. The van der Waals surface area contributed by atoms with Crippen molar-refractivity contribution >= 4 is 0 Å². The number of aliphatic hydroxyl groups is 1. The quantitative estimate of drug-likeness (QED) is 0.830. The second kappa shape index (κ2) is 6.15. The largest absolute Gasteiger partial charge is 0.395 e. The first kappa shape index (κ1) is 12.6. The van der Waals surface area contributed by atoms with Crippen LogP contribution in [0.2, 0.25) is 0 Å². The van der Waals surface area contributed by atoms with Crippen LogP contribution in [0, 0.1) is 0 Å². The number of likely N-dealkylation sites (tertiary alicyclic amines) is 1. The normalized spacial score (nSPS) is 21.6. The van der Waals surface area contributed by atoms with Crippen LogP contribution in [-0.2, 0) is 13.1 Å². The third-order valence-corrected chi connectivity index (χ3v) is 3.57. The fraction of sp³-hybridized carbons (Fsp3) is 0.571. The van der Waals surface area contributed by atoms with Crippen molar-refractivity contribution in [3.05, 3.63) is 35.4 Å². The number of benzene rings is 1. The monoisotopic (exact) mass is 234 g/mol. The van der Waals surface area contributed by atoms with Gasteiger partial charge in [0, 0.05) is 19.1 Å². The Morgan fingerprint density at radius 3 is 2.88 bits per heavy atom. The van der Waals surface area contributed by atoms with E-state index in [0.717, 1.165) is 19.5 Å². The summed E-state index contributed by atoms with van der Waals surface area (Å²) in [6.45, 7) is 2.89. The molecular formula is C14H22N2O. The second-order valence-corrected chi connectivity index (χ2v) is 4.83. The van der Waals surface area contributed by atoms with E-state index < -0.39 is 0 Å². The Morgan fingerprint density at radius 1 is 1.29 bits per heavy atom. The Kier molecular flexibility index (Phi) is 4.54. The van der Waals surface area contributed by atoms with Crippen LogP contribution in [0.1, 0.15) is 30.4 Å². The van der Waals surface area contributed by atoms with Crippen molar-refractivity contribution in [1.82, 2.24) is 4.90 Å². The number of nitrogens with zero attached hydrogens (tertiary/aromatic N) is 1. The van der Waals surface area contributed by atoms with Crippen LogP contribution < -0.4 is 5.73 Å². The Labute approximate surface area is 103 Å². The van der Waals surface area contributed by atoms with Crippen molar-refractivity contribution in [2.24, 2.45) is 5.73 Å². The Morgan fingerprint density at radius 2 is 2.12 bits per heavy atom. The number of hydrogen-bond donors (Lipinski definition) is 2. The van der Waals surface area contributed by atoms with Gasteiger partial charge in [0.25, 0.3) is 0 Å². The lowest BCUT2D eigenvalue weighted by Gasteiger charge is -2.34. The van der Waals surface area contributed by atoms with Gasteiger partial charge in [0.05, 0.1) is 6.61 Å². The molecule has 3 heteroatoms. The molecule has 17 heavy (non-hydrogen) atoms. The molecule has 1 aromatic carbocycles. The SMILES string of the molecule is NCc1cccc(CN2CCCCC2CO)c1. The summed E-state index contributed by atoms with van der Waals surface area (Å²) in [5, 5.41) is 9.38. The fourth-order valence-corrected chi connectivity index (χ4v) is 2.56. The molecule has 94 valence electrons. The molecule has 2 rings (SSSR count). The number of hydrogen-bond acceptors (Lipinski definition) is 3. The molecule has 0 aromatic heterocycles. The van der Waals surface area contributed by atoms with Crippen molar-refractivity contribution in [3.8, 4) is 0 Å². The van der Waals surface area contributed by atoms with Gasteiger partial charge in [-0.25, -0.2) is 0 Å². The Balaban J connectivity index is 2.02. The molecule has 1 aliphatic rings. The highest BCUT2D eigenvalue weighted by atomic mass is 16.3. The molecule has 1 aromatic rings. The van der Waals surface area contributed by atoms with E-state index in [4.69, 9.17) is 5.73 Å². The van der Waals surface area contributed by atoms with Crippen LogP contribution in [0.15, 0.2) is 24.3 Å². The number of rotatable bonds is 4. The van der Waals surface area contributed by atoms with E-state index in [2.05, 4.69) is 29.2 Å². The highest BCUT2D eigenvalue weighted by Gasteiger charge is 2.21. The number of piperidine rings is 1. The van der Waals surface area contributed by atoms with Gasteiger partial charge in [0.2, 0.25) is 0 Å². The van der Waals surface area contributed by atoms with E-state index in [0.29, 0.717) is 12.6 Å². The van der Waals surface area contributed by atoms with E-state index in [1.54, 1.807) is 0 Å². The van der Waals surface area contributed by atoms with Crippen LogP contribution >= 0.6 is 0 Å². The lowest BCUT2D eigenvalue weighted by molar-refractivity contribution is 0.0841. The molecule has 0 spiro atoms. The first-order valence-electron chi connectivity index (χ1n) is 6.46. The van der Waals surface area contributed by atoms with E-state index in [1.807, 2.05) is 0 Å². The van der Waals surface area contributed by atoms with Gasteiger partial charge in [0.1, 0.15) is 0 Å². The second-order valence-electron chi connectivity index (χ2n) is 4.83. The molecule has 0 aliphatic carbocycles. The van der Waals surface area contributed by atoms with E-state index >= 15 is 0 Å². The predicted molar refractivity (Wildman–Crippen MR) is 69.5 cm³/mol. The zero-order valence-corrected chi connectivity index (χ0v) is 10.3. The Bertz CT molecular complexity index is 354. The first-order chi connectivity index (χ1) is 8.33. The maximum absolute atomic E-state index is 9.38. The summed E-state index contributed by atoms with van der Waals surface area (Å²) in [6, 6.07) is 8.77. The third kappa shape index (κ3) is 3.28. The first-order valence-corrected chi connectivity index (χ1v) is 6.46. The highest BCUT2D eigenvalue weighted by molar-refractivity contribution is 5.23. The maximum atomic E-state index is 9.38. The summed E-state index contributed by atoms with van der Waals surface area (Å²) >= 11 is 0. The molecule has 3 N–H and O–H groups in total. The predicted octanol–water partition coefficient (Wildman–Crippen LogP) is 1.49. The van der Waals surface area contributed by atoms with Gasteiger partial charge < -0.3 is 10.8 Å². The average Bonchev–Trinajstić information content (AvgIpc) is 2.39. The molecule has 1 aliphatic heterocycles. The summed E-state index contributed by atoms with van der Waals surface area (Å²) < 4.78 is 0. The van der Waals surface area contributed by atoms with Gasteiger partial charge in [0.15, 0.2) is 0 Å². The number of aliphatic hydroxyl groups excluding tert-OH is 1. The summed E-state index contributed by atoms with van der Waals surface area (Å²) in [6.07, 6.45) is 3.60. The van der Waals surface area contributed by atoms with Crippen LogP contribution in [-0.4, -0.2) is 29.2 Å². The van der Waals surface area contributed by atoms with Crippen LogP contribution in [0.3, 0.4) is 0 Å². The summed E-state index contributed by atoms with van der Waals surface area (Å²) in [4.78, 5) is 2.39. The molecular weight excluding hydrogens is 212 g/mol. The molecule has 3 nitrogen and oxygen atoms in total. The van der Waals surface area contributed by atoms with E-state index in [1.165, 1.54) is 24.0 Å². The zero-order chi connectivity index (χ0) is 12.1. The molecule has 1 unspecified atom stereocenters. The van der Waals surface area contributed by atoms with Crippen molar-refractivity contribution in [3.63, 3.8) is 0 Å². The highest BCUT2D eigenvalue weighted by Crippen LogP contribution is 2.19. The van der Waals surface area contributed by atoms with Gasteiger partial charge in [-0.05, 0) is 30.5 Å². The van der Waals surface area contributed by atoms with Gasteiger partial charge in [-0.3, -0.25) is 4.90 Å². The average molecular weight is 234 g/mol. The van der Waals surface area contributed by atoms with Gasteiger partial charge in [-0.15, -0.1) is 0 Å². The smallest absolute Gasteiger partial charge is 0.0586 e. The van der Waals surface area contributed by atoms with E-state index in [-0.39, 0.29) is 6.61 Å². The van der Waals surface area contributed by atoms with Crippen molar-refractivity contribution in [2.75, 3.05) is 13.2 Å². The standard InChI is InChI=1S/C14H22N2O/c15-9-12-4-3-5-13(8-12)10-16-7-2-1-6-14(16)11-17/h3-5,8,14,17H,1-2,6-7,9-11,15H2. The minimum atomic E-state index is 0.274. The topological polar surface area (TPSA) is 49.5 Å². The van der Waals surface area contributed by atoms with Crippen molar-refractivity contribution in [1.29, 1.82) is 0 Å². The molecule has 1 atom stereocenters. The minimum absolute atomic E-state index is 0.274. The van der Waals surface area contributed by atoms with Gasteiger partial charge in [-0.1, -0.05) is 30.7 Å². The minimum Gasteiger partial charge on any atom is -0.395 e. The van der Waals surface area contributed by atoms with Gasteiger partial charge >= 0.3 is 0 Å². The lowest BCUT2D eigenvalue weighted by atomic mass is 10.0. The summed E-state index contributed by atoms with van der Waals surface area (Å²) in [7, 11) is 0. The maximum Gasteiger partial charge on any atom is 0.0586 e. The van der Waals surface area contributed by atoms with Crippen LogP contribution in [0.5, 0.6) is 0 Å². The van der Waals surface area contributed by atoms with Crippen molar-refractivity contribution in [2.45, 2.75) is 38.4 Å². The molecule has 0 saturated carbocycles. The van der Waals surface area contributed by atoms with Gasteiger partial charge in [-0.2, -0.15) is 0 Å². The third-order valence-electron chi connectivity index (χ3n) is 3.57. The van der Waals surface area contributed by atoms with Crippen molar-refractivity contribution < 1.29 is 5.11 Å². The van der Waals surface area contributed by atoms with Crippen LogP contribution in [0.4, 0.5) is 0 Å².